The van der Waals surface area contributed by atoms with Crippen LogP contribution in [0.4, 0.5) is 10.1 Å². The number of halogens is 2. The highest BCUT2D eigenvalue weighted by atomic mass is 35.5. The summed E-state index contributed by atoms with van der Waals surface area (Å²) >= 11 is 6.13. The van der Waals surface area contributed by atoms with Crippen molar-refractivity contribution in [2.24, 2.45) is 0 Å². The highest BCUT2D eigenvalue weighted by Crippen LogP contribution is 2.20. The van der Waals surface area contributed by atoms with Gasteiger partial charge in [0.15, 0.2) is 6.61 Å². The van der Waals surface area contributed by atoms with Crippen molar-refractivity contribution in [3.63, 3.8) is 0 Å². The Balaban J connectivity index is 1.49. The fraction of sp³-hybridized carbons (Fsp3) is 0.115. The Kier molecular flexibility index (Phi) is 7.42. The average Bonchev–Trinajstić information content (AvgIpc) is 3.26. The molecule has 2 amide bonds. The number of hydrogen-bond acceptors (Lipinski definition) is 4. The smallest absolute Gasteiger partial charge is 0.329 e. The number of carbonyl (C=O) groups is 3. The monoisotopic (exact) mass is 493 g/mol. The Labute approximate surface area is 205 Å². The van der Waals surface area contributed by atoms with E-state index >= 15 is 0 Å². The Morgan fingerprint density at radius 2 is 1.69 bits per heavy atom. The van der Waals surface area contributed by atoms with E-state index in [1.54, 1.807) is 30.5 Å². The van der Waals surface area contributed by atoms with Crippen LogP contribution in [0.25, 0.3) is 10.9 Å². The molecule has 178 valence electrons. The third-order valence-electron chi connectivity index (χ3n) is 5.30. The number of H-pyrrole nitrogens is 1. The van der Waals surface area contributed by atoms with Gasteiger partial charge in [-0.05, 0) is 35.9 Å². The molecular weight excluding hydrogens is 473 g/mol. The first kappa shape index (κ1) is 24.0. The fourth-order valence-corrected chi connectivity index (χ4v) is 3.80. The number of hydrogen-bond donors (Lipinski definition) is 3. The van der Waals surface area contributed by atoms with Crippen LogP contribution in [0.15, 0.2) is 79.0 Å². The molecule has 0 saturated heterocycles. The lowest BCUT2D eigenvalue weighted by Crippen LogP contribution is -2.44. The zero-order chi connectivity index (χ0) is 24.8. The molecule has 0 unspecified atom stereocenters. The molecule has 7 nitrogen and oxygen atoms in total. The molecule has 1 aromatic heterocycles. The van der Waals surface area contributed by atoms with E-state index in [0.717, 1.165) is 16.5 Å². The van der Waals surface area contributed by atoms with E-state index in [0.29, 0.717) is 0 Å². The fourth-order valence-electron chi connectivity index (χ4n) is 3.58. The van der Waals surface area contributed by atoms with Crippen molar-refractivity contribution >= 4 is 46.0 Å². The topological polar surface area (TPSA) is 100 Å². The zero-order valence-corrected chi connectivity index (χ0v) is 19.1. The molecule has 4 aromatic rings. The molecule has 0 aliphatic rings. The molecule has 0 fully saturated rings. The van der Waals surface area contributed by atoms with Gasteiger partial charge in [0.1, 0.15) is 11.9 Å². The molecule has 0 bridgehead atoms. The van der Waals surface area contributed by atoms with Gasteiger partial charge in [-0.3, -0.25) is 9.59 Å². The van der Waals surface area contributed by atoms with Crippen molar-refractivity contribution in [1.29, 1.82) is 0 Å². The number of benzene rings is 3. The van der Waals surface area contributed by atoms with Gasteiger partial charge in [-0.25, -0.2) is 9.18 Å². The SMILES string of the molecule is O=C(COC(=O)[C@H](Cc1c[nH]c2ccccc12)NC(=O)c1ccccc1Cl)Nc1ccccc1F. The minimum Gasteiger partial charge on any atom is -0.454 e. The summed E-state index contributed by atoms with van der Waals surface area (Å²) in [6.07, 6.45) is 1.85. The number of aromatic amines is 1. The number of aromatic nitrogens is 1. The lowest BCUT2D eigenvalue weighted by molar-refractivity contribution is -0.149. The second-order valence-electron chi connectivity index (χ2n) is 7.71. The van der Waals surface area contributed by atoms with Crippen molar-refractivity contribution in [3.05, 3.63) is 101 Å². The number of carbonyl (C=O) groups excluding carboxylic acids is 3. The van der Waals surface area contributed by atoms with E-state index in [1.807, 2.05) is 24.3 Å². The lowest BCUT2D eigenvalue weighted by atomic mass is 10.0. The number of para-hydroxylation sites is 2. The first-order valence-corrected chi connectivity index (χ1v) is 11.1. The Hall–Kier alpha value is -4.17. The number of ether oxygens (including phenoxy) is 1. The standard InChI is InChI=1S/C26H21ClFN3O4/c27-19-9-3-1-8-18(19)25(33)31-23(13-16-14-29-21-11-5-2-7-17(16)21)26(34)35-15-24(32)30-22-12-6-4-10-20(22)28/h1-12,14,23,29H,13,15H2,(H,30,32)(H,31,33)/t23-/m0/s1. The predicted molar refractivity (Wildman–Crippen MR) is 131 cm³/mol. The van der Waals surface area contributed by atoms with Gasteiger partial charge < -0.3 is 20.4 Å². The molecule has 0 radical (unpaired) electrons. The number of nitrogens with one attached hydrogen (secondary N) is 3. The van der Waals surface area contributed by atoms with Crippen LogP contribution in [0.2, 0.25) is 5.02 Å². The van der Waals surface area contributed by atoms with Gasteiger partial charge in [0.05, 0.1) is 16.3 Å². The molecule has 35 heavy (non-hydrogen) atoms. The van der Waals surface area contributed by atoms with Crippen LogP contribution in [0, 0.1) is 5.82 Å². The summed E-state index contributed by atoms with van der Waals surface area (Å²) in [6.45, 7) is -0.653. The summed E-state index contributed by atoms with van der Waals surface area (Å²) in [5, 5.41) is 6.12. The molecule has 4 rings (SSSR count). The zero-order valence-electron chi connectivity index (χ0n) is 18.4. The van der Waals surface area contributed by atoms with Crippen LogP contribution in [0.5, 0.6) is 0 Å². The second-order valence-corrected chi connectivity index (χ2v) is 8.11. The molecule has 0 aliphatic heterocycles. The van der Waals surface area contributed by atoms with Crippen molar-refractivity contribution in [2.45, 2.75) is 12.5 Å². The van der Waals surface area contributed by atoms with E-state index in [1.165, 1.54) is 24.3 Å². The highest BCUT2D eigenvalue weighted by Gasteiger charge is 2.26. The summed E-state index contributed by atoms with van der Waals surface area (Å²) in [6, 6.07) is 18.5. The summed E-state index contributed by atoms with van der Waals surface area (Å²) in [7, 11) is 0. The Morgan fingerprint density at radius 1 is 0.971 bits per heavy atom. The first-order valence-electron chi connectivity index (χ1n) is 10.7. The molecule has 0 spiro atoms. The third-order valence-corrected chi connectivity index (χ3v) is 5.63. The number of esters is 1. The first-order chi connectivity index (χ1) is 16.9. The maximum Gasteiger partial charge on any atom is 0.329 e. The van der Waals surface area contributed by atoms with E-state index in [2.05, 4.69) is 15.6 Å². The Morgan fingerprint density at radius 3 is 2.49 bits per heavy atom. The molecule has 1 atom stereocenters. The number of rotatable bonds is 8. The van der Waals surface area contributed by atoms with Crippen LogP contribution in [-0.2, 0) is 20.7 Å². The highest BCUT2D eigenvalue weighted by molar-refractivity contribution is 6.33. The van der Waals surface area contributed by atoms with Crippen molar-refractivity contribution in [1.82, 2.24) is 10.3 Å². The van der Waals surface area contributed by atoms with Gasteiger partial charge in [-0.1, -0.05) is 54.1 Å². The van der Waals surface area contributed by atoms with Gasteiger partial charge in [0, 0.05) is 23.5 Å². The van der Waals surface area contributed by atoms with E-state index in [9.17, 15) is 18.8 Å². The minimum absolute atomic E-state index is 0.0316. The lowest BCUT2D eigenvalue weighted by Gasteiger charge is -2.18. The van der Waals surface area contributed by atoms with Crippen LogP contribution < -0.4 is 10.6 Å². The molecule has 9 heteroatoms. The maximum atomic E-state index is 13.8. The summed E-state index contributed by atoms with van der Waals surface area (Å²) in [5.74, 6) is -2.71. The summed E-state index contributed by atoms with van der Waals surface area (Å²) < 4.78 is 18.9. The largest absolute Gasteiger partial charge is 0.454 e. The van der Waals surface area contributed by atoms with Gasteiger partial charge in [0.2, 0.25) is 0 Å². The summed E-state index contributed by atoms with van der Waals surface area (Å²) in [4.78, 5) is 41.1. The quantitative estimate of drug-likeness (QED) is 0.315. The van der Waals surface area contributed by atoms with Crippen molar-refractivity contribution in [2.75, 3.05) is 11.9 Å². The van der Waals surface area contributed by atoms with Crippen molar-refractivity contribution in [3.8, 4) is 0 Å². The van der Waals surface area contributed by atoms with Gasteiger partial charge in [0.25, 0.3) is 11.8 Å². The number of amides is 2. The van der Waals surface area contributed by atoms with Gasteiger partial charge in [-0.2, -0.15) is 0 Å². The minimum atomic E-state index is -1.11. The molecule has 0 saturated carbocycles. The van der Waals surface area contributed by atoms with Gasteiger partial charge >= 0.3 is 5.97 Å². The van der Waals surface area contributed by atoms with E-state index in [-0.39, 0.29) is 22.7 Å². The maximum absolute atomic E-state index is 13.8. The van der Waals surface area contributed by atoms with E-state index < -0.39 is 36.2 Å². The predicted octanol–water partition coefficient (Wildman–Crippen LogP) is 4.48. The van der Waals surface area contributed by atoms with Crippen LogP contribution in [0.1, 0.15) is 15.9 Å². The van der Waals surface area contributed by atoms with Gasteiger partial charge in [-0.15, -0.1) is 0 Å². The molecule has 3 aromatic carbocycles. The van der Waals surface area contributed by atoms with Crippen LogP contribution in [-0.4, -0.2) is 35.4 Å². The summed E-state index contributed by atoms with van der Waals surface area (Å²) in [5.41, 5.74) is 1.81. The van der Waals surface area contributed by atoms with Crippen LogP contribution >= 0.6 is 11.6 Å². The van der Waals surface area contributed by atoms with Crippen LogP contribution in [0.3, 0.4) is 0 Å². The normalized spacial score (nSPS) is 11.6. The molecule has 0 aliphatic carbocycles. The Bertz CT molecular complexity index is 1390. The van der Waals surface area contributed by atoms with E-state index in [4.69, 9.17) is 16.3 Å². The van der Waals surface area contributed by atoms with Crippen molar-refractivity contribution < 1.29 is 23.5 Å². The second kappa shape index (κ2) is 10.8. The number of fused-ring (bicyclic) bond motifs is 1. The molecule has 1 heterocycles. The molecule has 3 N–H and O–H groups in total. The number of anilines is 1. The third kappa shape index (κ3) is 5.85. The average molecular weight is 494 g/mol. The molecular formula is C26H21ClFN3O4.